The van der Waals surface area contributed by atoms with Gasteiger partial charge in [-0.1, -0.05) is 48.2 Å². The van der Waals surface area contributed by atoms with E-state index in [0.717, 1.165) is 88.4 Å². The van der Waals surface area contributed by atoms with Crippen LogP contribution in [0.1, 0.15) is 68.4 Å². The molecule has 0 saturated heterocycles. The topological polar surface area (TPSA) is 160 Å². The third kappa shape index (κ3) is 10.3. The van der Waals surface area contributed by atoms with Crippen molar-refractivity contribution >= 4 is 40.3 Å². The van der Waals surface area contributed by atoms with Crippen molar-refractivity contribution in [3.63, 3.8) is 0 Å². The number of carbonyl (C=O) groups is 2. The first-order valence-corrected chi connectivity index (χ1v) is 21.0. The number of nitrogens with two attached hydrogens (primary N) is 2. The first-order chi connectivity index (χ1) is 29.7. The van der Waals surface area contributed by atoms with E-state index in [2.05, 4.69) is 95.9 Å². The van der Waals surface area contributed by atoms with Crippen LogP contribution in [0, 0.1) is 17.3 Å². The molecular weight excluding hydrogens is 765 g/mol. The van der Waals surface area contributed by atoms with Gasteiger partial charge in [-0.05, 0) is 87.2 Å². The molecule has 1 atom stereocenters. The fourth-order valence-corrected chi connectivity index (χ4v) is 7.99. The van der Waals surface area contributed by atoms with Gasteiger partial charge in [-0.2, -0.15) is 0 Å². The second-order valence-electron chi connectivity index (χ2n) is 14.7. The Labute approximate surface area is 358 Å². The molecule has 7 rings (SSSR count). The van der Waals surface area contributed by atoms with Crippen LogP contribution in [-0.2, 0) is 20.7 Å². The van der Waals surface area contributed by atoms with Gasteiger partial charge in [0.05, 0.1) is 29.9 Å². The van der Waals surface area contributed by atoms with E-state index in [1.165, 1.54) is 5.56 Å². The zero-order valence-corrected chi connectivity index (χ0v) is 35.6. The molecule has 1 aliphatic heterocycles. The highest BCUT2D eigenvalue weighted by Crippen LogP contribution is 2.47. The van der Waals surface area contributed by atoms with E-state index in [1.54, 1.807) is 19.2 Å². The number of hydrogen-bond acceptors (Lipinski definition) is 9. The van der Waals surface area contributed by atoms with Crippen molar-refractivity contribution in [2.24, 2.45) is 5.73 Å². The van der Waals surface area contributed by atoms with Crippen molar-refractivity contribution in [3.05, 3.63) is 125 Å². The third-order valence-electron chi connectivity index (χ3n) is 11.0. The highest BCUT2D eigenvalue weighted by Gasteiger charge is 2.25. The lowest BCUT2D eigenvalue weighted by atomic mass is 9.92. The van der Waals surface area contributed by atoms with Crippen molar-refractivity contribution in [2.75, 3.05) is 62.0 Å². The summed E-state index contributed by atoms with van der Waals surface area (Å²) in [5.74, 6) is 8.05. The van der Waals surface area contributed by atoms with Crippen molar-refractivity contribution in [2.45, 2.75) is 52.6 Å². The van der Waals surface area contributed by atoms with Crippen LogP contribution < -0.4 is 36.7 Å². The second kappa shape index (κ2) is 21.0. The van der Waals surface area contributed by atoms with Gasteiger partial charge in [-0.15, -0.1) is 0 Å². The Morgan fingerprint density at radius 2 is 1.59 bits per heavy atom. The van der Waals surface area contributed by atoms with Gasteiger partial charge >= 0.3 is 0 Å². The molecule has 1 heterocycles. The van der Waals surface area contributed by atoms with Crippen LogP contribution in [-0.4, -0.2) is 58.8 Å². The summed E-state index contributed by atoms with van der Waals surface area (Å²) in [5.41, 5.74) is 20.9. The Kier molecular flexibility index (Phi) is 15.1. The summed E-state index contributed by atoms with van der Waals surface area (Å²) in [4.78, 5) is 26.4. The largest absolute Gasteiger partial charge is 0.496 e. The van der Waals surface area contributed by atoms with Gasteiger partial charge in [0.25, 0.3) is 0 Å². The van der Waals surface area contributed by atoms with Gasteiger partial charge in [0, 0.05) is 109 Å². The normalized spacial score (nSPS) is 12.7. The van der Waals surface area contributed by atoms with Crippen molar-refractivity contribution in [1.29, 1.82) is 5.41 Å². The van der Waals surface area contributed by atoms with Crippen molar-refractivity contribution in [1.82, 2.24) is 5.32 Å². The predicted molar refractivity (Wildman–Crippen MR) is 245 cm³/mol. The number of primary amides is 1. The van der Waals surface area contributed by atoms with E-state index in [9.17, 15) is 4.79 Å². The molecule has 11 heteroatoms. The molecule has 0 spiro atoms. The number of anilines is 3. The molecular formula is C50H56N6O5. The molecule has 4 aromatic carbocycles. The summed E-state index contributed by atoms with van der Waals surface area (Å²) in [6.45, 7) is 10.7. The number of carbonyl (C=O) groups excluding carboxylic acids is 2. The van der Waals surface area contributed by atoms with Crippen LogP contribution >= 0.6 is 0 Å². The maximum Gasteiger partial charge on any atom is 0.220 e. The van der Waals surface area contributed by atoms with Gasteiger partial charge in [-0.3, -0.25) is 9.59 Å². The summed E-state index contributed by atoms with van der Waals surface area (Å²) in [7, 11) is 1.70. The highest BCUT2D eigenvalue weighted by atomic mass is 16.5. The number of hydrogen-bond donors (Lipinski definition) is 4. The average Bonchev–Trinajstić information content (AvgIpc) is 3.26. The number of ether oxygens (including phenoxy) is 2. The summed E-state index contributed by atoms with van der Waals surface area (Å²) >= 11 is 0. The third-order valence-corrected chi connectivity index (χ3v) is 11.0. The fourth-order valence-electron chi connectivity index (χ4n) is 7.99. The zero-order valence-electron chi connectivity index (χ0n) is 35.6. The molecule has 0 radical (unpaired) electrons. The monoisotopic (exact) mass is 820 g/mol. The molecule has 0 fully saturated rings. The maximum absolute atomic E-state index is 13.1. The molecule has 2 aliphatic carbocycles. The molecule has 1 unspecified atom stereocenters. The molecule has 316 valence electrons. The van der Waals surface area contributed by atoms with Gasteiger partial charge in [0.2, 0.25) is 12.3 Å². The number of fused-ring (bicyclic) bond motifs is 4. The first-order valence-electron chi connectivity index (χ1n) is 21.0. The number of amides is 2. The molecule has 2 amide bonds. The summed E-state index contributed by atoms with van der Waals surface area (Å²) < 4.78 is 18.9. The molecule has 11 nitrogen and oxygen atoms in total. The molecule has 6 N–H and O–H groups in total. The second-order valence-corrected chi connectivity index (χ2v) is 14.7. The number of nitrogen functional groups attached to an aromatic ring is 1. The average molecular weight is 821 g/mol. The fraction of sp³-hybridized carbons (Fsp3) is 0.300. The lowest BCUT2D eigenvalue weighted by Gasteiger charge is -2.32. The van der Waals surface area contributed by atoms with E-state index in [4.69, 9.17) is 29.8 Å². The van der Waals surface area contributed by atoms with Crippen LogP contribution in [0.2, 0.25) is 0 Å². The van der Waals surface area contributed by atoms with E-state index >= 15 is 0 Å². The lowest BCUT2D eigenvalue weighted by molar-refractivity contribution is -0.121. The molecule has 61 heavy (non-hydrogen) atoms. The SMILES string of the molecule is CCN(CC)c1cc(-c2c3ccc(=N)cc-3oc3cc(N)ccc23)c(OC)cc1N(CC)CCCC(=O)NCCCOC1Cc2ccccc2C#Cc2ccccc21.NC=O. The summed E-state index contributed by atoms with van der Waals surface area (Å²) in [5, 5.41) is 12.7. The molecule has 3 aliphatic rings. The zero-order chi connectivity index (χ0) is 43.3. The van der Waals surface area contributed by atoms with Gasteiger partial charge < -0.3 is 45.9 Å². The van der Waals surface area contributed by atoms with E-state index in [0.29, 0.717) is 54.9 Å². The van der Waals surface area contributed by atoms with E-state index < -0.39 is 0 Å². The number of nitrogens with zero attached hydrogens (tertiary/aromatic N) is 2. The first kappa shape index (κ1) is 43.8. The van der Waals surface area contributed by atoms with Crippen LogP contribution in [0.3, 0.4) is 0 Å². The Morgan fingerprint density at radius 3 is 2.34 bits per heavy atom. The van der Waals surface area contributed by atoms with Crippen LogP contribution in [0.15, 0.2) is 101 Å². The standard InChI is InChI=1S/C49H53N5O4.CH3NO/c1-5-53(6-2)42-31-41(49-39-23-21-36(50)29-46(39)58-47-30-37(51)22-24-40(47)49)44(56-4)32-43(42)54(7-3)26-12-18-48(55)52-25-13-27-57-45-28-35-16-9-8-14-33(35)19-20-34-15-10-11-17-38(34)45;2-1-3/h8-11,14-17,21-24,29-32,45,50H,5-7,12-13,18,25-28,51H2,1-4H3,(H,52,55);1H,(H2,2,3). The minimum Gasteiger partial charge on any atom is -0.496 e. The predicted octanol–water partition coefficient (Wildman–Crippen LogP) is 8.05. The van der Waals surface area contributed by atoms with Gasteiger partial charge in [-0.25, -0.2) is 0 Å². The number of methoxy groups -OCH3 is 1. The summed E-state index contributed by atoms with van der Waals surface area (Å²) in [6.07, 6.45) is 2.74. The molecule has 4 aromatic rings. The molecule has 0 bridgehead atoms. The van der Waals surface area contributed by atoms with Crippen LogP contribution in [0.4, 0.5) is 17.1 Å². The Balaban J connectivity index is 0.00000201. The van der Waals surface area contributed by atoms with E-state index in [1.807, 2.05) is 42.5 Å². The van der Waals surface area contributed by atoms with E-state index in [-0.39, 0.29) is 18.4 Å². The van der Waals surface area contributed by atoms with Crippen LogP contribution in [0.5, 0.6) is 5.75 Å². The summed E-state index contributed by atoms with van der Waals surface area (Å²) in [6, 6.07) is 32.0. The maximum atomic E-state index is 13.1. The molecule has 0 aromatic heterocycles. The lowest BCUT2D eigenvalue weighted by Crippen LogP contribution is -2.30. The number of benzene rings is 5. The highest BCUT2D eigenvalue weighted by molar-refractivity contribution is 6.05. The molecule has 0 saturated carbocycles. The van der Waals surface area contributed by atoms with Crippen molar-refractivity contribution in [3.8, 4) is 40.0 Å². The van der Waals surface area contributed by atoms with Crippen LogP contribution in [0.25, 0.3) is 33.4 Å². The number of nitrogens with one attached hydrogen (secondary N) is 2. The Hall–Kier alpha value is -6.77. The smallest absolute Gasteiger partial charge is 0.220 e. The van der Waals surface area contributed by atoms with Gasteiger partial charge in [0.15, 0.2) is 0 Å². The number of rotatable bonds is 16. The quantitative estimate of drug-likeness (QED) is 0.0251. The minimum absolute atomic E-state index is 0.0400. The minimum atomic E-state index is -0.102. The Morgan fingerprint density at radius 1 is 0.885 bits per heavy atom. The van der Waals surface area contributed by atoms with Gasteiger partial charge in [0.1, 0.15) is 17.1 Å². The van der Waals surface area contributed by atoms with Crippen molar-refractivity contribution < 1.29 is 23.5 Å². The Bertz CT molecular complexity index is 2550.